The van der Waals surface area contributed by atoms with Crippen LogP contribution in [0.1, 0.15) is 23.6 Å². The van der Waals surface area contributed by atoms with Crippen LogP contribution in [-0.2, 0) is 12.1 Å². The molecular weight excluding hydrogens is 418 g/mol. The van der Waals surface area contributed by atoms with Crippen molar-refractivity contribution < 1.29 is 43.9 Å². The highest BCUT2D eigenvalue weighted by atomic mass is 19.4. The molecule has 0 saturated carbocycles. The van der Waals surface area contributed by atoms with E-state index in [0.29, 0.717) is 0 Å². The third kappa shape index (κ3) is 3.57. The highest BCUT2D eigenvalue weighted by Crippen LogP contribution is 2.60. The van der Waals surface area contributed by atoms with E-state index in [-0.39, 0.29) is 23.6 Å². The summed E-state index contributed by atoms with van der Waals surface area (Å²) in [4.78, 5) is 0. The van der Waals surface area contributed by atoms with Gasteiger partial charge >= 0.3 is 23.9 Å². The summed E-state index contributed by atoms with van der Waals surface area (Å²) in [5.74, 6) is -8.04. The zero-order valence-corrected chi connectivity index (χ0v) is 15.0. The van der Waals surface area contributed by atoms with Crippen LogP contribution in [0.3, 0.4) is 0 Å². The molecule has 0 aliphatic carbocycles. The SMILES string of the molecule is CCc1cc(C)cc(C(F)(C(F)(F)F)C(F)(F)C(F)(F)F)c1-c1ccccc1F. The molecule has 160 valence electrons. The molecule has 29 heavy (non-hydrogen) atoms. The molecule has 0 bridgehead atoms. The molecule has 0 heterocycles. The second-order valence-corrected chi connectivity index (χ2v) is 6.41. The summed E-state index contributed by atoms with van der Waals surface area (Å²) in [5, 5.41) is 0. The molecule has 0 amide bonds. The van der Waals surface area contributed by atoms with Crippen molar-refractivity contribution in [2.24, 2.45) is 0 Å². The lowest BCUT2D eigenvalue weighted by Crippen LogP contribution is -2.60. The van der Waals surface area contributed by atoms with Crippen molar-refractivity contribution in [1.82, 2.24) is 0 Å². The summed E-state index contributed by atoms with van der Waals surface area (Å²) in [6.07, 6.45) is -13.7. The van der Waals surface area contributed by atoms with E-state index in [1.54, 1.807) is 0 Å². The second-order valence-electron chi connectivity index (χ2n) is 6.41. The van der Waals surface area contributed by atoms with E-state index in [1.807, 2.05) is 0 Å². The van der Waals surface area contributed by atoms with Gasteiger partial charge < -0.3 is 0 Å². The number of aryl methyl sites for hydroxylation is 2. The molecule has 10 heteroatoms. The van der Waals surface area contributed by atoms with Crippen molar-refractivity contribution in [3.8, 4) is 11.1 Å². The Morgan fingerprint density at radius 1 is 0.793 bits per heavy atom. The molecule has 0 spiro atoms. The van der Waals surface area contributed by atoms with Crippen molar-refractivity contribution >= 4 is 0 Å². The molecule has 1 atom stereocenters. The minimum atomic E-state index is -6.86. The Balaban J connectivity index is 3.08. The molecule has 0 radical (unpaired) electrons. The fraction of sp³-hybridized carbons (Fsp3) is 0.368. The van der Waals surface area contributed by atoms with Crippen LogP contribution < -0.4 is 0 Å². The predicted molar refractivity (Wildman–Crippen MR) is 85.8 cm³/mol. The monoisotopic (exact) mass is 432 g/mol. The summed E-state index contributed by atoms with van der Waals surface area (Å²) in [6.45, 7) is 2.47. The van der Waals surface area contributed by atoms with E-state index in [9.17, 15) is 39.5 Å². The van der Waals surface area contributed by atoms with Gasteiger partial charge in [-0.2, -0.15) is 35.1 Å². The van der Waals surface area contributed by atoms with Gasteiger partial charge in [0.05, 0.1) is 0 Å². The molecule has 2 aromatic carbocycles. The molecule has 2 rings (SSSR count). The highest BCUT2D eigenvalue weighted by molar-refractivity contribution is 5.74. The summed E-state index contributed by atoms with van der Waals surface area (Å²) >= 11 is 0. The molecule has 0 aliphatic rings. The largest absolute Gasteiger partial charge is 0.457 e. The predicted octanol–water partition coefficient (Wildman–Crippen LogP) is 7.29. The Labute approximate surface area is 159 Å². The summed E-state index contributed by atoms with van der Waals surface area (Å²) in [6, 6.07) is 5.34. The van der Waals surface area contributed by atoms with Gasteiger partial charge in [-0.05, 0) is 30.5 Å². The minimum Gasteiger partial charge on any atom is -0.221 e. The first-order chi connectivity index (χ1) is 13.1. The van der Waals surface area contributed by atoms with Crippen molar-refractivity contribution in [3.63, 3.8) is 0 Å². The summed E-state index contributed by atoms with van der Waals surface area (Å²) in [5.41, 5.74) is -10.3. The topological polar surface area (TPSA) is 0 Å². The number of hydrogen-bond donors (Lipinski definition) is 0. The molecule has 2 aromatic rings. The van der Waals surface area contributed by atoms with Gasteiger partial charge in [-0.3, -0.25) is 0 Å². The van der Waals surface area contributed by atoms with E-state index in [0.717, 1.165) is 31.2 Å². The lowest BCUT2D eigenvalue weighted by atomic mass is 9.79. The number of alkyl halides is 9. The zero-order valence-electron chi connectivity index (χ0n) is 15.0. The number of rotatable bonds is 4. The van der Waals surface area contributed by atoms with E-state index >= 15 is 4.39 Å². The molecule has 0 nitrogen and oxygen atoms in total. The van der Waals surface area contributed by atoms with E-state index in [2.05, 4.69) is 0 Å². The summed E-state index contributed by atoms with van der Waals surface area (Å²) < 4.78 is 137. The van der Waals surface area contributed by atoms with Gasteiger partial charge in [0.25, 0.3) is 0 Å². The van der Waals surface area contributed by atoms with Crippen molar-refractivity contribution in [1.29, 1.82) is 0 Å². The smallest absolute Gasteiger partial charge is 0.221 e. The first-order valence-electron chi connectivity index (χ1n) is 8.18. The van der Waals surface area contributed by atoms with Gasteiger partial charge in [0.2, 0.25) is 0 Å². The van der Waals surface area contributed by atoms with E-state index < -0.39 is 46.5 Å². The van der Waals surface area contributed by atoms with Crippen molar-refractivity contribution in [2.45, 2.75) is 44.2 Å². The van der Waals surface area contributed by atoms with Gasteiger partial charge in [0.15, 0.2) is 0 Å². The Kier molecular flexibility index (Phi) is 5.73. The van der Waals surface area contributed by atoms with Crippen LogP contribution in [0.5, 0.6) is 0 Å². The molecule has 0 saturated heterocycles. The number of halogens is 10. The Morgan fingerprint density at radius 3 is 1.79 bits per heavy atom. The van der Waals surface area contributed by atoms with Crippen LogP contribution >= 0.6 is 0 Å². The Hall–Kier alpha value is -2.26. The number of hydrogen-bond acceptors (Lipinski definition) is 0. The average molecular weight is 432 g/mol. The normalized spacial score (nSPS) is 15.3. The Bertz CT molecular complexity index is 895. The lowest BCUT2D eigenvalue weighted by molar-refractivity contribution is -0.389. The highest BCUT2D eigenvalue weighted by Gasteiger charge is 2.82. The molecule has 0 aromatic heterocycles. The zero-order chi connectivity index (χ0) is 22.4. The van der Waals surface area contributed by atoms with E-state index in [1.165, 1.54) is 13.0 Å². The van der Waals surface area contributed by atoms with Gasteiger partial charge in [0.1, 0.15) is 5.82 Å². The fourth-order valence-electron chi connectivity index (χ4n) is 3.09. The Morgan fingerprint density at radius 2 is 1.34 bits per heavy atom. The van der Waals surface area contributed by atoms with Crippen LogP contribution in [0, 0.1) is 12.7 Å². The van der Waals surface area contributed by atoms with Crippen molar-refractivity contribution in [2.75, 3.05) is 0 Å². The third-order valence-corrected chi connectivity index (χ3v) is 4.44. The summed E-state index contributed by atoms with van der Waals surface area (Å²) in [7, 11) is 0. The third-order valence-electron chi connectivity index (χ3n) is 4.44. The first-order valence-corrected chi connectivity index (χ1v) is 8.18. The fourth-order valence-corrected chi connectivity index (χ4v) is 3.09. The maximum atomic E-state index is 15.2. The van der Waals surface area contributed by atoms with Crippen LogP contribution in [0.2, 0.25) is 0 Å². The number of benzene rings is 2. The van der Waals surface area contributed by atoms with Gasteiger partial charge in [-0.15, -0.1) is 0 Å². The first kappa shape index (κ1) is 23.0. The molecule has 0 fully saturated rings. The second kappa shape index (κ2) is 7.21. The molecule has 1 unspecified atom stereocenters. The molecular formula is C19H14F10. The van der Waals surface area contributed by atoms with Crippen molar-refractivity contribution in [3.05, 3.63) is 58.9 Å². The van der Waals surface area contributed by atoms with Crippen LogP contribution in [0.25, 0.3) is 11.1 Å². The maximum Gasteiger partial charge on any atom is 0.457 e. The van der Waals surface area contributed by atoms with Gasteiger partial charge in [-0.1, -0.05) is 42.8 Å². The van der Waals surface area contributed by atoms with E-state index in [4.69, 9.17) is 0 Å². The molecule has 0 N–H and O–H groups in total. The average Bonchev–Trinajstić information content (AvgIpc) is 2.58. The van der Waals surface area contributed by atoms with Gasteiger partial charge in [-0.25, -0.2) is 8.78 Å². The minimum absolute atomic E-state index is 0.177. The standard InChI is InChI=1S/C19H14F10/c1-3-11-8-10(2)9-13(15(11)12-6-4-5-7-14(12)20)16(21,18(24,25)26)17(22,23)19(27,28)29/h4-9H,3H2,1-2H3. The quantitative estimate of drug-likeness (QED) is 0.445. The van der Waals surface area contributed by atoms with Crippen LogP contribution in [-0.4, -0.2) is 18.3 Å². The van der Waals surface area contributed by atoms with Crippen LogP contribution in [0.15, 0.2) is 36.4 Å². The van der Waals surface area contributed by atoms with Gasteiger partial charge in [0, 0.05) is 11.1 Å². The van der Waals surface area contributed by atoms with Crippen LogP contribution in [0.4, 0.5) is 43.9 Å². The molecule has 0 aliphatic heterocycles. The lowest BCUT2D eigenvalue weighted by Gasteiger charge is -2.38. The maximum absolute atomic E-state index is 15.2.